The Kier molecular flexibility index (Phi) is 3.16. The molecular formula is C16H21N3O. The first-order valence-corrected chi connectivity index (χ1v) is 7.22. The van der Waals surface area contributed by atoms with E-state index >= 15 is 0 Å². The number of aromatic nitrogens is 1. The summed E-state index contributed by atoms with van der Waals surface area (Å²) < 4.78 is 0. The van der Waals surface area contributed by atoms with Crippen LogP contribution in [0.1, 0.15) is 43.0 Å². The number of amides is 1. The number of fused-ring (bicyclic) bond motifs is 1. The molecule has 0 atom stereocenters. The summed E-state index contributed by atoms with van der Waals surface area (Å²) in [6, 6.07) is 5.57. The Morgan fingerprint density at radius 2 is 2.15 bits per heavy atom. The molecule has 4 heteroatoms. The molecule has 1 amide bonds. The molecule has 0 aliphatic heterocycles. The Bertz CT molecular complexity index is 638. The molecule has 0 spiro atoms. The van der Waals surface area contributed by atoms with Crippen molar-refractivity contribution in [1.29, 1.82) is 0 Å². The van der Waals surface area contributed by atoms with E-state index < -0.39 is 0 Å². The standard InChI is InChI=1S/C16H21N3O/c1-16(6-2-3-7-16)10-19-15(20)13-9-18-14-8-11(17)4-5-12(13)14/h4-5,8-9,18H,2-3,6-7,10,17H2,1H3,(H,19,20). The van der Waals surface area contributed by atoms with Crippen LogP contribution in [-0.2, 0) is 0 Å². The Morgan fingerprint density at radius 1 is 1.40 bits per heavy atom. The summed E-state index contributed by atoms with van der Waals surface area (Å²) in [4.78, 5) is 15.4. The van der Waals surface area contributed by atoms with E-state index in [0.717, 1.165) is 17.4 Å². The second-order valence-electron chi connectivity index (χ2n) is 6.21. The molecule has 4 N–H and O–H groups in total. The van der Waals surface area contributed by atoms with Gasteiger partial charge in [-0.25, -0.2) is 0 Å². The summed E-state index contributed by atoms with van der Waals surface area (Å²) in [7, 11) is 0. The van der Waals surface area contributed by atoms with Gasteiger partial charge in [-0.2, -0.15) is 0 Å². The molecule has 0 saturated heterocycles. The van der Waals surface area contributed by atoms with Gasteiger partial charge in [-0.05, 0) is 36.5 Å². The molecule has 1 aromatic heterocycles. The van der Waals surface area contributed by atoms with Crippen LogP contribution in [0.5, 0.6) is 0 Å². The van der Waals surface area contributed by atoms with Crippen LogP contribution in [0, 0.1) is 5.41 Å². The zero-order valence-corrected chi connectivity index (χ0v) is 11.8. The molecular weight excluding hydrogens is 250 g/mol. The van der Waals surface area contributed by atoms with Gasteiger partial charge < -0.3 is 16.0 Å². The molecule has 4 nitrogen and oxygen atoms in total. The maximum atomic E-state index is 12.3. The predicted octanol–water partition coefficient (Wildman–Crippen LogP) is 3.06. The Balaban J connectivity index is 1.75. The molecule has 3 rings (SSSR count). The minimum absolute atomic E-state index is 0.00542. The number of benzene rings is 1. The molecule has 0 bridgehead atoms. The molecule has 0 unspecified atom stereocenters. The largest absolute Gasteiger partial charge is 0.399 e. The fourth-order valence-corrected chi connectivity index (χ4v) is 3.13. The van der Waals surface area contributed by atoms with Crippen molar-refractivity contribution in [3.63, 3.8) is 0 Å². The molecule has 1 aliphatic carbocycles. The number of nitrogens with two attached hydrogens (primary N) is 1. The zero-order chi connectivity index (χ0) is 14.2. The highest BCUT2D eigenvalue weighted by molar-refractivity contribution is 6.07. The summed E-state index contributed by atoms with van der Waals surface area (Å²) >= 11 is 0. The lowest BCUT2D eigenvalue weighted by Crippen LogP contribution is -2.34. The first-order chi connectivity index (χ1) is 9.57. The second kappa shape index (κ2) is 4.85. The number of hydrogen-bond acceptors (Lipinski definition) is 2. The second-order valence-corrected chi connectivity index (χ2v) is 6.21. The summed E-state index contributed by atoms with van der Waals surface area (Å²) in [5.41, 5.74) is 8.32. The summed E-state index contributed by atoms with van der Waals surface area (Å²) in [6.07, 6.45) is 6.73. The number of nitrogens with one attached hydrogen (secondary N) is 2. The van der Waals surface area contributed by atoms with Crippen molar-refractivity contribution >= 4 is 22.5 Å². The monoisotopic (exact) mass is 271 g/mol. The van der Waals surface area contributed by atoms with E-state index in [-0.39, 0.29) is 11.3 Å². The molecule has 2 aromatic rings. The Labute approximate surface area is 118 Å². The van der Waals surface area contributed by atoms with Crippen molar-refractivity contribution in [3.8, 4) is 0 Å². The minimum atomic E-state index is -0.00542. The SMILES string of the molecule is CC1(CNC(=O)c2c[nH]c3cc(N)ccc23)CCCC1. The quantitative estimate of drug-likeness (QED) is 0.751. The highest BCUT2D eigenvalue weighted by Gasteiger charge is 2.29. The van der Waals surface area contributed by atoms with Gasteiger partial charge in [0.25, 0.3) is 5.91 Å². The van der Waals surface area contributed by atoms with Gasteiger partial charge in [0.2, 0.25) is 0 Å². The van der Waals surface area contributed by atoms with Crippen molar-refractivity contribution in [2.45, 2.75) is 32.6 Å². The van der Waals surface area contributed by atoms with Crippen molar-refractivity contribution < 1.29 is 4.79 Å². The van der Waals surface area contributed by atoms with Crippen molar-refractivity contribution in [3.05, 3.63) is 30.0 Å². The topological polar surface area (TPSA) is 70.9 Å². The number of nitrogen functional groups attached to an aromatic ring is 1. The molecule has 1 heterocycles. The van der Waals surface area contributed by atoms with Crippen LogP contribution in [-0.4, -0.2) is 17.4 Å². The van der Waals surface area contributed by atoms with Crippen molar-refractivity contribution in [2.75, 3.05) is 12.3 Å². The van der Waals surface area contributed by atoms with Crippen molar-refractivity contribution in [2.24, 2.45) is 5.41 Å². The number of carbonyl (C=O) groups is 1. The van der Waals surface area contributed by atoms with E-state index in [1.807, 2.05) is 18.2 Å². The van der Waals surface area contributed by atoms with E-state index in [1.165, 1.54) is 25.7 Å². The highest BCUT2D eigenvalue weighted by Crippen LogP contribution is 2.36. The lowest BCUT2D eigenvalue weighted by atomic mass is 9.89. The van der Waals surface area contributed by atoms with Crippen molar-refractivity contribution in [1.82, 2.24) is 10.3 Å². The maximum Gasteiger partial charge on any atom is 0.253 e. The Morgan fingerprint density at radius 3 is 2.90 bits per heavy atom. The minimum Gasteiger partial charge on any atom is -0.399 e. The van der Waals surface area contributed by atoms with Crippen LogP contribution in [0.15, 0.2) is 24.4 Å². The molecule has 20 heavy (non-hydrogen) atoms. The molecule has 1 fully saturated rings. The highest BCUT2D eigenvalue weighted by atomic mass is 16.1. The smallest absolute Gasteiger partial charge is 0.253 e. The van der Waals surface area contributed by atoms with Crippen LogP contribution >= 0.6 is 0 Å². The summed E-state index contributed by atoms with van der Waals surface area (Å²) in [5, 5.41) is 4.01. The number of anilines is 1. The number of H-pyrrole nitrogens is 1. The zero-order valence-electron chi connectivity index (χ0n) is 11.8. The normalized spacial score (nSPS) is 17.4. The van der Waals surface area contributed by atoms with Gasteiger partial charge in [0, 0.05) is 29.3 Å². The number of aromatic amines is 1. The van der Waals surface area contributed by atoms with Crippen LogP contribution in [0.2, 0.25) is 0 Å². The van der Waals surface area contributed by atoms with E-state index in [1.54, 1.807) is 6.20 Å². The van der Waals surface area contributed by atoms with Gasteiger partial charge in [0.1, 0.15) is 0 Å². The first-order valence-electron chi connectivity index (χ1n) is 7.22. The molecule has 1 aromatic carbocycles. The Hall–Kier alpha value is -1.97. The van der Waals surface area contributed by atoms with Crippen LogP contribution < -0.4 is 11.1 Å². The average Bonchev–Trinajstić information content (AvgIpc) is 3.02. The van der Waals surface area contributed by atoms with E-state index in [4.69, 9.17) is 5.73 Å². The third-order valence-electron chi connectivity index (χ3n) is 4.44. The molecule has 0 radical (unpaired) electrons. The van der Waals surface area contributed by atoms with Gasteiger partial charge in [0.05, 0.1) is 5.56 Å². The number of hydrogen-bond donors (Lipinski definition) is 3. The third-order valence-corrected chi connectivity index (χ3v) is 4.44. The van der Waals surface area contributed by atoms with Gasteiger partial charge >= 0.3 is 0 Å². The fraction of sp³-hybridized carbons (Fsp3) is 0.438. The fourth-order valence-electron chi connectivity index (χ4n) is 3.13. The first kappa shape index (κ1) is 13.0. The van der Waals surface area contributed by atoms with Crippen LogP contribution in [0.4, 0.5) is 5.69 Å². The number of rotatable bonds is 3. The predicted molar refractivity (Wildman–Crippen MR) is 81.6 cm³/mol. The van der Waals surface area contributed by atoms with E-state index in [2.05, 4.69) is 17.2 Å². The van der Waals surface area contributed by atoms with E-state index in [0.29, 0.717) is 11.3 Å². The summed E-state index contributed by atoms with van der Waals surface area (Å²) in [5.74, 6) is -0.00542. The van der Waals surface area contributed by atoms with Gasteiger partial charge in [-0.1, -0.05) is 19.8 Å². The van der Waals surface area contributed by atoms with E-state index in [9.17, 15) is 4.79 Å². The number of carbonyl (C=O) groups excluding carboxylic acids is 1. The van der Waals surface area contributed by atoms with Crippen LogP contribution in [0.25, 0.3) is 10.9 Å². The molecule has 1 saturated carbocycles. The van der Waals surface area contributed by atoms with Gasteiger partial charge in [-0.3, -0.25) is 4.79 Å². The molecule has 1 aliphatic rings. The lowest BCUT2D eigenvalue weighted by Gasteiger charge is -2.23. The average molecular weight is 271 g/mol. The summed E-state index contributed by atoms with van der Waals surface area (Å²) in [6.45, 7) is 3.02. The van der Waals surface area contributed by atoms with Gasteiger partial charge in [-0.15, -0.1) is 0 Å². The van der Waals surface area contributed by atoms with Gasteiger partial charge in [0.15, 0.2) is 0 Å². The molecule has 106 valence electrons. The lowest BCUT2D eigenvalue weighted by molar-refractivity contribution is 0.0936. The third kappa shape index (κ3) is 2.38. The van der Waals surface area contributed by atoms with Crippen LogP contribution in [0.3, 0.4) is 0 Å². The maximum absolute atomic E-state index is 12.3.